The summed E-state index contributed by atoms with van der Waals surface area (Å²) in [5.41, 5.74) is 0.216. The Balaban J connectivity index is 1.65. The lowest BCUT2D eigenvalue weighted by atomic mass is 9.77. The molecule has 2 amide bonds. The minimum atomic E-state index is -0.260. The molecule has 0 aliphatic carbocycles. The first-order chi connectivity index (χ1) is 10.7. The van der Waals surface area contributed by atoms with Crippen molar-refractivity contribution in [3.63, 3.8) is 0 Å². The zero-order chi connectivity index (χ0) is 15.6. The number of pyridine rings is 1. The van der Waals surface area contributed by atoms with Crippen molar-refractivity contribution in [2.75, 3.05) is 26.2 Å². The summed E-state index contributed by atoms with van der Waals surface area (Å²) < 4.78 is 0. The van der Waals surface area contributed by atoms with Gasteiger partial charge in [0.25, 0.3) is 5.91 Å². The molecule has 5 nitrogen and oxygen atoms in total. The largest absolute Gasteiger partial charge is 0.338 e. The van der Waals surface area contributed by atoms with Gasteiger partial charge in [0.1, 0.15) is 5.69 Å². The van der Waals surface area contributed by atoms with Crippen molar-refractivity contribution < 1.29 is 9.59 Å². The third-order valence-electron chi connectivity index (χ3n) is 4.84. The Bertz CT molecular complexity index is 577. The molecule has 0 N–H and O–H groups in total. The van der Waals surface area contributed by atoms with Gasteiger partial charge in [-0.3, -0.25) is 14.6 Å². The number of hydrogen-bond donors (Lipinski definition) is 0. The Kier molecular flexibility index (Phi) is 3.96. The Morgan fingerprint density at radius 1 is 1.27 bits per heavy atom. The summed E-state index contributed by atoms with van der Waals surface area (Å²) in [6, 6.07) is 5.35. The van der Waals surface area contributed by atoms with Crippen LogP contribution >= 0.6 is 0 Å². The van der Waals surface area contributed by atoms with Crippen LogP contribution in [0.15, 0.2) is 37.1 Å². The monoisotopic (exact) mass is 299 g/mol. The fourth-order valence-electron chi connectivity index (χ4n) is 3.48. The highest BCUT2D eigenvalue weighted by Gasteiger charge is 2.48. The molecule has 1 aromatic rings. The van der Waals surface area contributed by atoms with E-state index in [-0.39, 0.29) is 17.2 Å². The zero-order valence-electron chi connectivity index (χ0n) is 12.7. The minimum Gasteiger partial charge on any atom is -0.338 e. The number of carbonyl (C=O) groups excluding carboxylic acids is 2. The lowest BCUT2D eigenvalue weighted by Gasteiger charge is -2.37. The highest BCUT2D eigenvalue weighted by molar-refractivity contribution is 5.92. The molecule has 2 fully saturated rings. The van der Waals surface area contributed by atoms with Crippen molar-refractivity contribution in [2.24, 2.45) is 5.41 Å². The maximum absolute atomic E-state index is 12.6. The van der Waals surface area contributed by atoms with Crippen LogP contribution in [-0.4, -0.2) is 52.8 Å². The molecule has 3 heterocycles. The quantitative estimate of drug-likeness (QED) is 0.799. The van der Waals surface area contributed by atoms with Crippen molar-refractivity contribution in [1.29, 1.82) is 0 Å². The number of rotatable bonds is 3. The van der Waals surface area contributed by atoms with Crippen LogP contribution in [0.3, 0.4) is 0 Å². The molecule has 2 aliphatic heterocycles. The highest BCUT2D eigenvalue weighted by Crippen LogP contribution is 2.41. The van der Waals surface area contributed by atoms with Crippen LogP contribution in [0.5, 0.6) is 0 Å². The minimum absolute atomic E-state index is 0.0381. The number of carbonyl (C=O) groups is 2. The van der Waals surface area contributed by atoms with Crippen LogP contribution in [0, 0.1) is 5.41 Å². The average Bonchev–Trinajstić information content (AvgIpc) is 2.86. The molecule has 1 spiro atoms. The van der Waals surface area contributed by atoms with E-state index in [0.717, 1.165) is 25.8 Å². The normalized spacial score (nSPS) is 20.5. The van der Waals surface area contributed by atoms with E-state index in [4.69, 9.17) is 0 Å². The van der Waals surface area contributed by atoms with Gasteiger partial charge in [-0.1, -0.05) is 12.1 Å². The first kappa shape index (κ1) is 14.8. The molecule has 0 unspecified atom stereocenters. The van der Waals surface area contributed by atoms with E-state index in [1.54, 1.807) is 24.4 Å². The first-order valence-corrected chi connectivity index (χ1v) is 7.77. The standard InChI is InChI=1S/C17H21N3O2/c1-2-10-20-13-8-17(16(20)22)6-11-19(12-7-17)15(21)14-5-3-4-9-18-14/h2-5,9H,1,6-8,10-13H2. The Labute approximate surface area is 130 Å². The zero-order valence-corrected chi connectivity index (χ0v) is 12.7. The molecule has 3 rings (SSSR count). The third kappa shape index (κ3) is 2.51. The van der Waals surface area contributed by atoms with Gasteiger partial charge in [-0.15, -0.1) is 6.58 Å². The van der Waals surface area contributed by atoms with E-state index < -0.39 is 0 Å². The van der Waals surface area contributed by atoms with Crippen molar-refractivity contribution >= 4 is 11.8 Å². The molecule has 1 aromatic heterocycles. The van der Waals surface area contributed by atoms with Gasteiger partial charge in [-0.05, 0) is 31.4 Å². The second-order valence-corrected chi connectivity index (χ2v) is 6.08. The van der Waals surface area contributed by atoms with Gasteiger partial charge >= 0.3 is 0 Å². The molecular formula is C17H21N3O2. The molecule has 22 heavy (non-hydrogen) atoms. The van der Waals surface area contributed by atoms with Crippen molar-refractivity contribution in [3.05, 3.63) is 42.7 Å². The third-order valence-corrected chi connectivity index (χ3v) is 4.84. The summed E-state index contributed by atoms with van der Waals surface area (Å²) in [6.07, 6.45) is 5.80. The molecular weight excluding hydrogens is 278 g/mol. The fourth-order valence-corrected chi connectivity index (χ4v) is 3.48. The van der Waals surface area contributed by atoms with Gasteiger partial charge in [0, 0.05) is 32.4 Å². The van der Waals surface area contributed by atoms with E-state index in [0.29, 0.717) is 25.3 Å². The summed E-state index contributed by atoms with van der Waals surface area (Å²) in [6.45, 7) is 6.39. The van der Waals surface area contributed by atoms with Gasteiger partial charge in [0.2, 0.25) is 5.91 Å². The summed E-state index contributed by atoms with van der Waals surface area (Å²) >= 11 is 0. The summed E-state index contributed by atoms with van der Waals surface area (Å²) in [7, 11) is 0. The van der Waals surface area contributed by atoms with Crippen molar-refractivity contribution in [1.82, 2.24) is 14.8 Å². The van der Waals surface area contributed by atoms with Crippen LogP contribution in [0.2, 0.25) is 0 Å². The molecule has 0 radical (unpaired) electrons. The Morgan fingerprint density at radius 2 is 2.00 bits per heavy atom. The lowest BCUT2D eigenvalue weighted by Crippen LogP contribution is -2.46. The fraction of sp³-hybridized carbons (Fsp3) is 0.471. The van der Waals surface area contributed by atoms with Crippen LogP contribution in [0.1, 0.15) is 29.8 Å². The Morgan fingerprint density at radius 3 is 2.64 bits per heavy atom. The van der Waals surface area contributed by atoms with Gasteiger partial charge in [-0.25, -0.2) is 0 Å². The predicted octanol–water partition coefficient (Wildman–Crippen LogP) is 1.72. The maximum Gasteiger partial charge on any atom is 0.272 e. The smallest absolute Gasteiger partial charge is 0.272 e. The number of hydrogen-bond acceptors (Lipinski definition) is 3. The van der Waals surface area contributed by atoms with E-state index in [2.05, 4.69) is 11.6 Å². The lowest BCUT2D eigenvalue weighted by molar-refractivity contribution is -0.137. The van der Waals surface area contributed by atoms with E-state index in [1.807, 2.05) is 15.9 Å². The van der Waals surface area contributed by atoms with Crippen LogP contribution in [0.4, 0.5) is 0 Å². The first-order valence-electron chi connectivity index (χ1n) is 7.77. The second-order valence-electron chi connectivity index (χ2n) is 6.08. The molecule has 5 heteroatoms. The van der Waals surface area contributed by atoms with Crippen LogP contribution in [-0.2, 0) is 4.79 Å². The van der Waals surface area contributed by atoms with Gasteiger partial charge < -0.3 is 9.80 Å². The molecule has 0 atom stereocenters. The summed E-state index contributed by atoms with van der Waals surface area (Å²) in [5, 5.41) is 0. The van der Waals surface area contributed by atoms with E-state index in [1.165, 1.54) is 0 Å². The van der Waals surface area contributed by atoms with Gasteiger partial charge in [0.15, 0.2) is 0 Å². The summed E-state index contributed by atoms with van der Waals surface area (Å²) in [4.78, 5) is 32.8. The van der Waals surface area contributed by atoms with Crippen LogP contribution in [0.25, 0.3) is 0 Å². The van der Waals surface area contributed by atoms with Gasteiger partial charge in [-0.2, -0.15) is 0 Å². The second kappa shape index (κ2) is 5.91. The number of likely N-dealkylation sites (tertiary alicyclic amines) is 2. The molecule has 0 saturated carbocycles. The van der Waals surface area contributed by atoms with E-state index in [9.17, 15) is 9.59 Å². The molecule has 2 saturated heterocycles. The molecule has 0 aromatic carbocycles. The van der Waals surface area contributed by atoms with Crippen molar-refractivity contribution in [3.8, 4) is 0 Å². The number of nitrogens with zero attached hydrogens (tertiary/aromatic N) is 3. The molecule has 0 bridgehead atoms. The maximum atomic E-state index is 12.6. The number of piperidine rings is 1. The SMILES string of the molecule is C=CCN1CCC2(CCN(C(=O)c3ccccn3)CC2)C1=O. The molecule has 116 valence electrons. The topological polar surface area (TPSA) is 53.5 Å². The highest BCUT2D eigenvalue weighted by atomic mass is 16.2. The Hall–Kier alpha value is -2.17. The molecule has 2 aliphatic rings. The van der Waals surface area contributed by atoms with Gasteiger partial charge in [0.05, 0.1) is 5.41 Å². The number of aromatic nitrogens is 1. The predicted molar refractivity (Wildman–Crippen MR) is 83.2 cm³/mol. The van der Waals surface area contributed by atoms with Crippen molar-refractivity contribution in [2.45, 2.75) is 19.3 Å². The van der Waals surface area contributed by atoms with Crippen LogP contribution < -0.4 is 0 Å². The summed E-state index contributed by atoms with van der Waals surface area (Å²) in [5.74, 6) is 0.196. The average molecular weight is 299 g/mol. The van der Waals surface area contributed by atoms with E-state index >= 15 is 0 Å². The number of amides is 2.